The molecule has 0 spiro atoms. The molecule has 0 atom stereocenters. The smallest absolute Gasteiger partial charge is 0 e. The standard InChI is InChI=1S/C7H17N.C2H6.U/c1-7(2)5-6-8(3)4;1-2;/h7H,5-6H2,1-4H3;1-2H3;. The first-order chi connectivity index (χ1) is 4.63. The zero-order valence-electron chi connectivity index (χ0n) is 8.94. The van der Waals surface area contributed by atoms with Crippen LogP contribution < -0.4 is 0 Å². The summed E-state index contributed by atoms with van der Waals surface area (Å²) in [6, 6.07) is 0. The molecule has 0 saturated heterocycles. The van der Waals surface area contributed by atoms with E-state index >= 15 is 0 Å². The number of hydrogen-bond donors (Lipinski definition) is 0. The third-order valence-corrected chi connectivity index (χ3v) is 1.15. The van der Waals surface area contributed by atoms with Crippen LogP contribution in [0, 0.1) is 37.0 Å². The summed E-state index contributed by atoms with van der Waals surface area (Å²) in [6.45, 7) is 9.73. The Labute approximate surface area is 96.3 Å². The van der Waals surface area contributed by atoms with E-state index in [0.717, 1.165) is 5.92 Å². The second-order valence-corrected chi connectivity index (χ2v) is 2.99. The van der Waals surface area contributed by atoms with Crippen molar-refractivity contribution in [2.75, 3.05) is 20.6 Å². The third-order valence-electron chi connectivity index (χ3n) is 1.15. The van der Waals surface area contributed by atoms with Crippen molar-refractivity contribution in [2.45, 2.75) is 34.1 Å². The van der Waals surface area contributed by atoms with Crippen LogP contribution in [-0.2, 0) is 0 Å². The fraction of sp³-hybridized carbons (Fsp3) is 1.00. The molecule has 11 heavy (non-hydrogen) atoms. The molecule has 0 heterocycles. The van der Waals surface area contributed by atoms with Crippen molar-refractivity contribution < 1.29 is 31.1 Å². The molecule has 0 N–H and O–H groups in total. The predicted molar refractivity (Wildman–Crippen MR) is 49.4 cm³/mol. The summed E-state index contributed by atoms with van der Waals surface area (Å²) >= 11 is 0. The van der Waals surface area contributed by atoms with Gasteiger partial charge in [-0.3, -0.25) is 0 Å². The van der Waals surface area contributed by atoms with Crippen LogP contribution >= 0.6 is 0 Å². The second kappa shape index (κ2) is 13.6. The summed E-state index contributed by atoms with van der Waals surface area (Å²) in [5.41, 5.74) is 0. The van der Waals surface area contributed by atoms with Gasteiger partial charge in [-0.1, -0.05) is 27.7 Å². The fourth-order valence-electron chi connectivity index (χ4n) is 0.516. The quantitative estimate of drug-likeness (QED) is 0.724. The van der Waals surface area contributed by atoms with E-state index in [0.29, 0.717) is 0 Å². The average molecular weight is 383 g/mol. The Balaban J connectivity index is -0.000000196. The molecule has 0 aliphatic heterocycles. The first-order valence-electron chi connectivity index (χ1n) is 4.27. The van der Waals surface area contributed by atoms with Crippen molar-refractivity contribution in [3.05, 3.63) is 0 Å². The molecule has 0 aliphatic rings. The van der Waals surface area contributed by atoms with Crippen LogP contribution in [-0.4, -0.2) is 25.5 Å². The minimum atomic E-state index is 0. The summed E-state index contributed by atoms with van der Waals surface area (Å²) in [4.78, 5) is 2.22. The van der Waals surface area contributed by atoms with Gasteiger partial charge in [0.05, 0.1) is 0 Å². The van der Waals surface area contributed by atoms with Crippen molar-refractivity contribution in [3.8, 4) is 0 Å². The monoisotopic (exact) mass is 383 g/mol. The summed E-state index contributed by atoms with van der Waals surface area (Å²) in [5.74, 6) is 0.845. The molecule has 0 aliphatic carbocycles. The third kappa shape index (κ3) is 24.7. The van der Waals surface area contributed by atoms with E-state index in [4.69, 9.17) is 0 Å². The summed E-state index contributed by atoms with van der Waals surface area (Å²) < 4.78 is 0. The van der Waals surface area contributed by atoms with Crippen LogP contribution in [0.4, 0.5) is 0 Å². The van der Waals surface area contributed by atoms with Gasteiger partial charge in [-0.05, 0) is 33.0 Å². The number of rotatable bonds is 3. The molecule has 0 aromatic heterocycles. The topological polar surface area (TPSA) is 3.24 Å². The van der Waals surface area contributed by atoms with Crippen LogP contribution in [0.15, 0.2) is 0 Å². The molecule has 0 radical (unpaired) electrons. The fourth-order valence-corrected chi connectivity index (χ4v) is 0.516. The van der Waals surface area contributed by atoms with Gasteiger partial charge in [-0.25, -0.2) is 0 Å². The first-order valence-corrected chi connectivity index (χ1v) is 4.27. The Bertz CT molecular complexity index is 45.5. The largest absolute Gasteiger partial charge is 0.309 e. The number of nitrogens with zero attached hydrogens (tertiary/aromatic N) is 1. The molecular formula is C9H23NU. The van der Waals surface area contributed by atoms with E-state index < -0.39 is 0 Å². The van der Waals surface area contributed by atoms with E-state index in [2.05, 4.69) is 32.8 Å². The van der Waals surface area contributed by atoms with Crippen molar-refractivity contribution in [3.63, 3.8) is 0 Å². The molecule has 0 bridgehead atoms. The van der Waals surface area contributed by atoms with Gasteiger partial charge < -0.3 is 4.90 Å². The second-order valence-electron chi connectivity index (χ2n) is 2.99. The predicted octanol–water partition coefficient (Wildman–Crippen LogP) is 2.62. The Hall–Kier alpha value is 1.01. The van der Waals surface area contributed by atoms with Gasteiger partial charge in [0.15, 0.2) is 0 Å². The van der Waals surface area contributed by atoms with E-state index in [1.165, 1.54) is 13.0 Å². The van der Waals surface area contributed by atoms with Crippen LogP contribution in [0.3, 0.4) is 0 Å². The molecule has 0 amide bonds. The zero-order chi connectivity index (χ0) is 8.57. The molecule has 2 heteroatoms. The van der Waals surface area contributed by atoms with Gasteiger partial charge in [-0.15, -0.1) is 0 Å². The molecule has 0 fully saturated rings. The minimum absolute atomic E-state index is 0. The average Bonchev–Trinajstić information content (AvgIpc) is 1.89. The van der Waals surface area contributed by atoms with Gasteiger partial charge in [-0.2, -0.15) is 0 Å². The Morgan fingerprint density at radius 2 is 1.45 bits per heavy atom. The molecular weight excluding hydrogens is 360 g/mol. The summed E-state index contributed by atoms with van der Waals surface area (Å²) in [6.07, 6.45) is 1.31. The van der Waals surface area contributed by atoms with E-state index in [1.54, 1.807) is 0 Å². The number of hydrogen-bond acceptors (Lipinski definition) is 1. The van der Waals surface area contributed by atoms with Crippen molar-refractivity contribution in [1.82, 2.24) is 4.90 Å². The van der Waals surface area contributed by atoms with Crippen LogP contribution in [0.1, 0.15) is 34.1 Å². The van der Waals surface area contributed by atoms with Gasteiger partial charge >= 0.3 is 0 Å². The van der Waals surface area contributed by atoms with Crippen LogP contribution in [0.25, 0.3) is 0 Å². The molecule has 0 rings (SSSR count). The maximum Gasteiger partial charge on any atom is 0 e. The molecule has 1 nitrogen and oxygen atoms in total. The SMILES string of the molecule is CC.CC(C)CCN(C)C.[U]. The van der Waals surface area contributed by atoms with Crippen molar-refractivity contribution >= 4 is 0 Å². The Kier molecular flexibility index (Phi) is 22.2. The van der Waals surface area contributed by atoms with Crippen LogP contribution in [0.2, 0.25) is 0 Å². The summed E-state index contributed by atoms with van der Waals surface area (Å²) in [5, 5.41) is 0. The zero-order valence-corrected chi connectivity index (χ0v) is 13.1. The maximum atomic E-state index is 2.25. The minimum Gasteiger partial charge on any atom is -0.309 e. The van der Waals surface area contributed by atoms with E-state index in [1.807, 2.05) is 13.8 Å². The van der Waals surface area contributed by atoms with Crippen molar-refractivity contribution in [1.29, 1.82) is 0 Å². The molecule has 0 aromatic rings. The Morgan fingerprint density at radius 3 is 1.55 bits per heavy atom. The van der Waals surface area contributed by atoms with E-state index in [-0.39, 0.29) is 31.1 Å². The van der Waals surface area contributed by atoms with Crippen molar-refractivity contribution in [2.24, 2.45) is 5.92 Å². The van der Waals surface area contributed by atoms with Gasteiger partial charge in [0.2, 0.25) is 0 Å². The maximum absolute atomic E-state index is 2.25. The molecule has 68 valence electrons. The van der Waals surface area contributed by atoms with Crippen LogP contribution in [0.5, 0.6) is 0 Å². The summed E-state index contributed by atoms with van der Waals surface area (Å²) in [7, 11) is 4.23. The van der Waals surface area contributed by atoms with Gasteiger partial charge in [0.25, 0.3) is 0 Å². The van der Waals surface area contributed by atoms with Gasteiger partial charge in [0, 0.05) is 31.1 Å². The molecule has 0 aromatic carbocycles. The molecule has 0 saturated carbocycles. The van der Waals surface area contributed by atoms with Gasteiger partial charge in [0.1, 0.15) is 0 Å². The first kappa shape index (κ1) is 17.9. The molecule has 0 unspecified atom stereocenters. The normalized spacial score (nSPS) is 8.73. The Morgan fingerprint density at radius 1 is 1.09 bits per heavy atom. The van der Waals surface area contributed by atoms with E-state index in [9.17, 15) is 0 Å².